The van der Waals surface area contributed by atoms with Gasteiger partial charge in [0.1, 0.15) is 11.2 Å². The van der Waals surface area contributed by atoms with Crippen molar-refractivity contribution in [3.63, 3.8) is 0 Å². The first-order chi connectivity index (χ1) is 27.3. The molecular formula is C52H33NOS. The van der Waals surface area contributed by atoms with E-state index in [2.05, 4.69) is 205 Å². The second-order valence-corrected chi connectivity index (χ2v) is 15.2. The maximum absolute atomic E-state index is 6.99. The highest BCUT2D eigenvalue weighted by Gasteiger charge is 2.22. The Balaban J connectivity index is 1.18. The van der Waals surface area contributed by atoms with Gasteiger partial charge in [-0.1, -0.05) is 146 Å². The van der Waals surface area contributed by atoms with Crippen molar-refractivity contribution in [2.24, 2.45) is 0 Å². The van der Waals surface area contributed by atoms with E-state index in [0.717, 1.165) is 61.3 Å². The van der Waals surface area contributed by atoms with Crippen molar-refractivity contribution >= 4 is 81.3 Å². The highest BCUT2D eigenvalue weighted by molar-refractivity contribution is 7.25. The molecule has 0 aliphatic rings. The molecule has 0 radical (unpaired) electrons. The molecule has 2 aromatic heterocycles. The van der Waals surface area contributed by atoms with Gasteiger partial charge in [-0.2, -0.15) is 0 Å². The number of nitrogens with zero attached hydrogens (tertiary/aromatic N) is 1. The molecule has 2 heterocycles. The Morgan fingerprint density at radius 3 is 1.75 bits per heavy atom. The molecule has 2 nitrogen and oxygen atoms in total. The number of thiophene rings is 1. The molecule has 0 bridgehead atoms. The molecule has 9 aromatic carbocycles. The number of benzene rings is 9. The van der Waals surface area contributed by atoms with Crippen LogP contribution in [0.15, 0.2) is 205 Å². The fraction of sp³-hybridized carbons (Fsp3) is 0. The van der Waals surface area contributed by atoms with Gasteiger partial charge in [0.05, 0.1) is 5.69 Å². The van der Waals surface area contributed by atoms with Crippen LogP contribution in [0.3, 0.4) is 0 Å². The summed E-state index contributed by atoms with van der Waals surface area (Å²) in [7, 11) is 0. The van der Waals surface area contributed by atoms with Crippen LogP contribution in [0.25, 0.3) is 86.3 Å². The topological polar surface area (TPSA) is 16.4 Å². The minimum absolute atomic E-state index is 0.858. The summed E-state index contributed by atoms with van der Waals surface area (Å²) in [6.07, 6.45) is 0. The zero-order chi connectivity index (χ0) is 36.3. The normalized spacial score (nSPS) is 11.6. The Morgan fingerprint density at radius 2 is 0.982 bits per heavy atom. The average Bonchev–Trinajstić information content (AvgIpc) is 3.83. The fourth-order valence-electron chi connectivity index (χ4n) is 8.26. The number of fused-ring (bicyclic) bond motifs is 8. The van der Waals surface area contributed by atoms with Crippen molar-refractivity contribution in [1.29, 1.82) is 0 Å². The van der Waals surface area contributed by atoms with Gasteiger partial charge in [-0.3, -0.25) is 0 Å². The van der Waals surface area contributed by atoms with Crippen molar-refractivity contribution in [1.82, 2.24) is 0 Å². The summed E-state index contributed by atoms with van der Waals surface area (Å²) in [5.74, 6) is 0. The van der Waals surface area contributed by atoms with E-state index in [9.17, 15) is 0 Å². The summed E-state index contributed by atoms with van der Waals surface area (Å²) in [6.45, 7) is 0. The highest BCUT2D eigenvalue weighted by Crippen LogP contribution is 2.47. The zero-order valence-corrected chi connectivity index (χ0v) is 30.6. The number of hydrogen-bond acceptors (Lipinski definition) is 3. The van der Waals surface area contributed by atoms with E-state index in [1.807, 2.05) is 11.3 Å². The molecule has 258 valence electrons. The zero-order valence-electron chi connectivity index (χ0n) is 29.8. The van der Waals surface area contributed by atoms with Gasteiger partial charge in [0.25, 0.3) is 0 Å². The molecule has 0 amide bonds. The number of furan rings is 1. The van der Waals surface area contributed by atoms with E-state index in [1.165, 1.54) is 42.1 Å². The van der Waals surface area contributed by atoms with Gasteiger partial charge in [0.2, 0.25) is 0 Å². The summed E-state index contributed by atoms with van der Waals surface area (Å²) in [5.41, 5.74) is 11.9. The molecular weight excluding hydrogens is 687 g/mol. The highest BCUT2D eigenvalue weighted by atomic mass is 32.1. The van der Waals surface area contributed by atoms with Crippen molar-refractivity contribution in [2.45, 2.75) is 0 Å². The maximum Gasteiger partial charge on any atom is 0.143 e. The molecule has 3 heteroatoms. The van der Waals surface area contributed by atoms with Crippen molar-refractivity contribution in [2.75, 3.05) is 4.90 Å². The first-order valence-electron chi connectivity index (χ1n) is 18.7. The van der Waals surface area contributed by atoms with Crippen LogP contribution < -0.4 is 4.90 Å². The van der Waals surface area contributed by atoms with Crippen LogP contribution in [-0.2, 0) is 0 Å². The third-order valence-corrected chi connectivity index (χ3v) is 12.0. The van der Waals surface area contributed by atoms with Crippen LogP contribution in [0.2, 0.25) is 0 Å². The summed E-state index contributed by atoms with van der Waals surface area (Å²) in [4.78, 5) is 2.41. The maximum atomic E-state index is 6.99. The van der Waals surface area contributed by atoms with Gasteiger partial charge < -0.3 is 9.32 Å². The molecule has 0 N–H and O–H groups in total. The predicted molar refractivity (Wildman–Crippen MR) is 235 cm³/mol. The van der Waals surface area contributed by atoms with Crippen LogP contribution in [0.5, 0.6) is 0 Å². The summed E-state index contributed by atoms with van der Waals surface area (Å²) in [5, 5.41) is 7.22. The molecule has 0 saturated heterocycles. The third-order valence-electron chi connectivity index (χ3n) is 10.8. The molecule has 0 atom stereocenters. The lowest BCUT2D eigenvalue weighted by Crippen LogP contribution is -2.11. The van der Waals surface area contributed by atoms with Crippen molar-refractivity contribution in [3.8, 4) is 33.4 Å². The molecule has 0 unspecified atom stereocenters. The van der Waals surface area contributed by atoms with Gasteiger partial charge in [0.15, 0.2) is 0 Å². The third kappa shape index (κ3) is 5.32. The number of hydrogen-bond donors (Lipinski definition) is 0. The fourth-order valence-corrected chi connectivity index (χ4v) is 9.40. The molecule has 11 aromatic rings. The van der Waals surface area contributed by atoms with Crippen LogP contribution in [0, 0.1) is 0 Å². The van der Waals surface area contributed by atoms with Gasteiger partial charge in [-0.15, -0.1) is 11.3 Å². The summed E-state index contributed by atoms with van der Waals surface area (Å²) >= 11 is 1.84. The monoisotopic (exact) mass is 719 g/mol. The van der Waals surface area contributed by atoms with Crippen molar-refractivity contribution in [3.05, 3.63) is 200 Å². The average molecular weight is 720 g/mol. The van der Waals surface area contributed by atoms with Crippen LogP contribution in [0.1, 0.15) is 0 Å². The predicted octanol–water partition coefficient (Wildman–Crippen LogP) is 15.6. The second kappa shape index (κ2) is 12.9. The molecule has 0 aliphatic heterocycles. The Hall–Kier alpha value is -6.94. The van der Waals surface area contributed by atoms with E-state index < -0.39 is 0 Å². The Kier molecular flexibility index (Phi) is 7.39. The lowest BCUT2D eigenvalue weighted by molar-refractivity contribution is 0.670. The van der Waals surface area contributed by atoms with E-state index >= 15 is 0 Å². The van der Waals surface area contributed by atoms with Crippen LogP contribution in [0.4, 0.5) is 17.1 Å². The van der Waals surface area contributed by atoms with Gasteiger partial charge in [-0.05, 0) is 81.6 Å². The van der Waals surface area contributed by atoms with Crippen molar-refractivity contribution < 1.29 is 4.42 Å². The molecule has 0 saturated carbocycles. The Bertz CT molecular complexity index is 3200. The molecule has 11 rings (SSSR count). The first-order valence-corrected chi connectivity index (χ1v) is 19.5. The summed E-state index contributed by atoms with van der Waals surface area (Å²) in [6, 6.07) is 72.1. The molecule has 55 heavy (non-hydrogen) atoms. The number of anilines is 3. The number of rotatable bonds is 6. The standard InChI is InChI=1S/C52H33NOS/c1-4-14-34(15-5-1)37-24-29-47(45(30-37)35-16-6-2-7-17-35)53(40-25-27-43-42-22-12-13-23-49(42)55-50(43)33-40)39-26-28-44-48(32-39)54-52-46(36-18-8-3-9-19-36)31-38-20-10-11-21-41(38)51(44)52/h1-33H. The molecule has 0 fully saturated rings. The Labute approximate surface area is 322 Å². The smallest absolute Gasteiger partial charge is 0.143 e. The van der Waals surface area contributed by atoms with E-state index in [4.69, 9.17) is 4.42 Å². The second-order valence-electron chi connectivity index (χ2n) is 14.1. The SMILES string of the molecule is c1ccc(-c2ccc(N(c3ccc4c(c3)oc3c(-c5ccccc5)cc5ccccc5c34)c3ccc4c(c3)sc3ccccc34)c(-c3ccccc3)c2)cc1. The van der Waals surface area contributed by atoms with E-state index in [-0.39, 0.29) is 0 Å². The summed E-state index contributed by atoms with van der Waals surface area (Å²) < 4.78 is 9.54. The van der Waals surface area contributed by atoms with Gasteiger partial charge >= 0.3 is 0 Å². The van der Waals surface area contributed by atoms with E-state index in [1.54, 1.807) is 0 Å². The minimum Gasteiger partial charge on any atom is -0.455 e. The first kappa shape index (κ1) is 31.6. The van der Waals surface area contributed by atoms with Crippen LogP contribution >= 0.6 is 11.3 Å². The molecule has 0 spiro atoms. The van der Waals surface area contributed by atoms with Gasteiger partial charge in [-0.25, -0.2) is 0 Å². The largest absolute Gasteiger partial charge is 0.455 e. The quantitative estimate of drug-likeness (QED) is 0.170. The lowest BCUT2D eigenvalue weighted by Gasteiger charge is -2.28. The lowest BCUT2D eigenvalue weighted by atomic mass is 9.95. The molecule has 0 aliphatic carbocycles. The minimum atomic E-state index is 0.858. The Morgan fingerprint density at radius 1 is 0.382 bits per heavy atom. The van der Waals surface area contributed by atoms with E-state index in [0.29, 0.717) is 0 Å². The van der Waals surface area contributed by atoms with Crippen LogP contribution in [-0.4, -0.2) is 0 Å². The van der Waals surface area contributed by atoms with Gasteiger partial charge in [0, 0.05) is 59.5 Å².